The number of rotatable bonds is 3. The Bertz CT molecular complexity index is 408. The van der Waals surface area contributed by atoms with Crippen LogP contribution in [0.15, 0.2) is 0 Å². The minimum atomic E-state index is -0.912. The van der Waals surface area contributed by atoms with Gasteiger partial charge in [0, 0.05) is 33.6 Å². The zero-order valence-corrected chi connectivity index (χ0v) is 13.8. The van der Waals surface area contributed by atoms with Gasteiger partial charge in [0.2, 0.25) is 6.29 Å². The summed E-state index contributed by atoms with van der Waals surface area (Å²) in [5, 5.41) is 0. The largest absolute Gasteiger partial charge is 0.469 e. The Kier molecular flexibility index (Phi) is 9.56. The van der Waals surface area contributed by atoms with Crippen LogP contribution in [0.4, 0.5) is 0 Å². The van der Waals surface area contributed by atoms with Crippen LogP contribution in [-0.4, -0.2) is 56.6 Å². The first-order valence-corrected chi connectivity index (χ1v) is 6.81. The minimum absolute atomic E-state index is 0.185. The quantitative estimate of drug-likeness (QED) is 0.532. The van der Waals surface area contributed by atoms with Gasteiger partial charge in [-0.2, -0.15) is 0 Å². The molecular weight excluding hydrogens is 312 g/mol. The van der Waals surface area contributed by atoms with Crippen molar-refractivity contribution in [2.24, 2.45) is 0 Å². The van der Waals surface area contributed by atoms with Crippen LogP contribution in [0.1, 0.15) is 33.6 Å². The summed E-state index contributed by atoms with van der Waals surface area (Å²) in [5.41, 5.74) is 0. The topological polar surface area (TPSA) is 114 Å². The smallest absolute Gasteiger partial charge is 0.335 e. The summed E-state index contributed by atoms with van der Waals surface area (Å²) in [4.78, 5) is 42.8. The SMILES string of the molecule is COC(=O)C1CC(OC(C)=O)CC(OC(C)=O)O1.COC(C)=O. The van der Waals surface area contributed by atoms with E-state index in [9.17, 15) is 19.2 Å². The Morgan fingerprint density at radius 2 is 1.35 bits per heavy atom. The molecule has 9 heteroatoms. The fourth-order valence-electron chi connectivity index (χ4n) is 1.72. The maximum atomic E-state index is 11.4. The molecule has 1 heterocycles. The van der Waals surface area contributed by atoms with Crippen LogP contribution in [0, 0.1) is 0 Å². The van der Waals surface area contributed by atoms with E-state index in [0.29, 0.717) is 0 Å². The van der Waals surface area contributed by atoms with E-state index in [-0.39, 0.29) is 18.8 Å². The third kappa shape index (κ3) is 9.46. The molecule has 0 bridgehead atoms. The number of carbonyl (C=O) groups is 4. The van der Waals surface area contributed by atoms with Gasteiger partial charge in [0.05, 0.1) is 14.2 Å². The van der Waals surface area contributed by atoms with Crippen molar-refractivity contribution in [3.05, 3.63) is 0 Å². The molecule has 1 fully saturated rings. The van der Waals surface area contributed by atoms with Gasteiger partial charge in [0.1, 0.15) is 6.10 Å². The van der Waals surface area contributed by atoms with E-state index in [1.165, 1.54) is 35.0 Å². The summed E-state index contributed by atoms with van der Waals surface area (Å²) >= 11 is 0. The Balaban J connectivity index is 0.000000841. The molecule has 1 rings (SSSR count). The zero-order valence-electron chi connectivity index (χ0n) is 13.8. The summed E-state index contributed by atoms with van der Waals surface area (Å²) < 4.78 is 23.8. The van der Waals surface area contributed by atoms with E-state index < -0.39 is 36.4 Å². The second-order valence-corrected chi connectivity index (χ2v) is 4.59. The maximum absolute atomic E-state index is 11.4. The van der Waals surface area contributed by atoms with Crippen LogP contribution >= 0.6 is 0 Å². The maximum Gasteiger partial charge on any atom is 0.335 e. The van der Waals surface area contributed by atoms with Gasteiger partial charge < -0.3 is 23.7 Å². The fourth-order valence-corrected chi connectivity index (χ4v) is 1.72. The lowest BCUT2D eigenvalue weighted by Crippen LogP contribution is -2.43. The Morgan fingerprint density at radius 3 is 1.74 bits per heavy atom. The van der Waals surface area contributed by atoms with E-state index in [0.717, 1.165) is 0 Å². The first-order valence-electron chi connectivity index (χ1n) is 6.81. The molecule has 0 aromatic carbocycles. The van der Waals surface area contributed by atoms with Crippen molar-refractivity contribution in [1.29, 1.82) is 0 Å². The molecule has 3 unspecified atom stereocenters. The van der Waals surface area contributed by atoms with E-state index in [1.54, 1.807) is 0 Å². The Hall–Kier alpha value is -2.16. The summed E-state index contributed by atoms with van der Waals surface area (Å²) in [6, 6.07) is 0. The van der Waals surface area contributed by atoms with E-state index in [1.807, 2.05) is 0 Å². The number of methoxy groups -OCH3 is 2. The van der Waals surface area contributed by atoms with Crippen LogP contribution < -0.4 is 0 Å². The predicted octanol–water partition coefficient (Wildman–Crippen LogP) is 0.339. The molecule has 0 aromatic heterocycles. The molecule has 0 aliphatic carbocycles. The lowest BCUT2D eigenvalue weighted by molar-refractivity contribution is -0.225. The van der Waals surface area contributed by atoms with Crippen LogP contribution in [0.2, 0.25) is 0 Å². The molecule has 1 saturated heterocycles. The lowest BCUT2D eigenvalue weighted by atomic mass is 10.0. The highest BCUT2D eigenvalue weighted by molar-refractivity contribution is 5.75. The number of carbonyl (C=O) groups excluding carboxylic acids is 4. The van der Waals surface area contributed by atoms with Crippen molar-refractivity contribution in [2.75, 3.05) is 14.2 Å². The summed E-state index contributed by atoms with van der Waals surface area (Å²) in [6.45, 7) is 3.86. The fraction of sp³-hybridized carbons (Fsp3) is 0.714. The molecular formula is C14H22O9. The molecule has 9 nitrogen and oxygen atoms in total. The molecule has 132 valence electrons. The molecule has 0 N–H and O–H groups in total. The molecule has 1 aliphatic rings. The van der Waals surface area contributed by atoms with Crippen molar-refractivity contribution in [1.82, 2.24) is 0 Å². The molecule has 0 amide bonds. The number of hydrogen-bond acceptors (Lipinski definition) is 9. The minimum Gasteiger partial charge on any atom is -0.469 e. The predicted molar refractivity (Wildman–Crippen MR) is 74.9 cm³/mol. The van der Waals surface area contributed by atoms with Crippen molar-refractivity contribution in [3.8, 4) is 0 Å². The Labute approximate surface area is 134 Å². The van der Waals surface area contributed by atoms with Gasteiger partial charge in [-0.05, 0) is 0 Å². The van der Waals surface area contributed by atoms with Crippen molar-refractivity contribution in [3.63, 3.8) is 0 Å². The van der Waals surface area contributed by atoms with Gasteiger partial charge in [-0.15, -0.1) is 0 Å². The van der Waals surface area contributed by atoms with Crippen molar-refractivity contribution >= 4 is 23.9 Å². The highest BCUT2D eigenvalue weighted by atomic mass is 16.7. The molecule has 0 radical (unpaired) electrons. The first kappa shape index (κ1) is 20.8. The summed E-state index contributed by atoms with van der Waals surface area (Å²) in [6.07, 6.45) is -1.97. The molecule has 0 saturated carbocycles. The average Bonchev–Trinajstić information content (AvgIpc) is 2.45. The van der Waals surface area contributed by atoms with Crippen LogP contribution in [0.5, 0.6) is 0 Å². The molecule has 3 atom stereocenters. The molecule has 0 spiro atoms. The van der Waals surface area contributed by atoms with Crippen molar-refractivity contribution in [2.45, 2.75) is 52.1 Å². The van der Waals surface area contributed by atoms with Gasteiger partial charge in [0.15, 0.2) is 6.10 Å². The second kappa shape index (κ2) is 10.5. The van der Waals surface area contributed by atoms with Gasteiger partial charge in [-0.25, -0.2) is 4.79 Å². The molecule has 23 heavy (non-hydrogen) atoms. The monoisotopic (exact) mass is 334 g/mol. The van der Waals surface area contributed by atoms with E-state index in [2.05, 4.69) is 9.47 Å². The highest BCUT2D eigenvalue weighted by Gasteiger charge is 2.37. The first-order chi connectivity index (χ1) is 10.7. The van der Waals surface area contributed by atoms with Crippen LogP contribution in [0.25, 0.3) is 0 Å². The third-order valence-corrected chi connectivity index (χ3v) is 2.63. The third-order valence-electron chi connectivity index (χ3n) is 2.63. The molecule has 0 aromatic rings. The summed E-state index contributed by atoms with van der Waals surface area (Å²) in [5.74, 6) is -1.84. The molecule has 1 aliphatic heterocycles. The van der Waals surface area contributed by atoms with Gasteiger partial charge >= 0.3 is 23.9 Å². The Morgan fingerprint density at radius 1 is 0.826 bits per heavy atom. The lowest BCUT2D eigenvalue weighted by Gasteiger charge is -2.32. The average molecular weight is 334 g/mol. The normalized spacial score (nSPS) is 22.7. The highest BCUT2D eigenvalue weighted by Crippen LogP contribution is 2.24. The second-order valence-electron chi connectivity index (χ2n) is 4.59. The zero-order chi connectivity index (χ0) is 18.0. The van der Waals surface area contributed by atoms with Gasteiger partial charge in [-0.1, -0.05) is 0 Å². The van der Waals surface area contributed by atoms with E-state index in [4.69, 9.17) is 14.2 Å². The number of ether oxygens (including phenoxy) is 5. The number of esters is 4. The van der Waals surface area contributed by atoms with Crippen LogP contribution in [-0.2, 0) is 42.9 Å². The van der Waals surface area contributed by atoms with Crippen molar-refractivity contribution < 1.29 is 42.9 Å². The van der Waals surface area contributed by atoms with Gasteiger partial charge in [-0.3, -0.25) is 14.4 Å². The van der Waals surface area contributed by atoms with Crippen LogP contribution in [0.3, 0.4) is 0 Å². The standard InChI is InChI=1S/C11H16O7.C3H6O2/c1-6(12)16-8-4-9(11(14)15-3)18-10(5-8)17-7(2)13;1-3(4)5-2/h8-10H,4-5H2,1-3H3;1-2H3. The summed E-state index contributed by atoms with van der Waals surface area (Å²) in [7, 11) is 2.57. The van der Waals surface area contributed by atoms with E-state index >= 15 is 0 Å². The number of hydrogen-bond donors (Lipinski definition) is 0. The van der Waals surface area contributed by atoms with Gasteiger partial charge in [0.25, 0.3) is 0 Å².